The van der Waals surface area contributed by atoms with Crippen molar-refractivity contribution in [3.05, 3.63) is 59.3 Å². The number of allylic oxidation sites excluding steroid dienone is 7. The van der Waals surface area contributed by atoms with Crippen molar-refractivity contribution in [3.63, 3.8) is 0 Å². The molecule has 18 heavy (non-hydrogen) atoms. The first-order chi connectivity index (χ1) is 8.77. The van der Waals surface area contributed by atoms with Crippen LogP contribution in [0.4, 0.5) is 0 Å². The van der Waals surface area contributed by atoms with Crippen LogP contribution in [0.1, 0.15) is 0 Å². The number of Topliss-reactive ketones (excluding diaryl/α,β-unsaturated/α-hetero) is 1. The summed E-state index contributed by atoms with van der Waals surface area (Å²) >= 11 is 1.22. The van der Waals surface area contributed by atoms with Gasteiger partial charge in [0.2, 0.25) is 0 Å². The lowest BCUT2D eigenvalue weighted by molar-refractivity contribution is -0.118. The van der Waals surface area contributed by atoms with Crippen LogP contribution in [-0.2, 0) is 13.8 Å². The predicted octanol–water partition coefficient (Wildman–Crippen LogP) is 2.09. The molecule has 0 aromatic carbocycles. The molecule has 1 atom stereocenters. The van der Waals surface area contributed by atoms with E-state index in [-0.39, 0.29) is 23.4 Å². The fourth-order valence-corrected chi connectivity index (χ4v) is 2.91. The average molecular weight is 258 g/mol. The van der Waals surface area contributed by atoms with Crippen molar-refractivity contribution in [2.24, 2.45) is 0 Å². The zero-order valence-electron chi connectivity index (χ0n) is 9.46. The number of hydrogen-bond donors (Lipinski definition) is 0. The molecule has 0 saturated heterocycles. The van der Waals surface area contributed by atoms with E-state index in [1.807, 2.05) is 24.3 Å². The van der Waals surface area contributed by atoms with E-state index in [1.165, 1.54) is 18.1 Å². The maximum atomic E-state index is 12.0. The van der Waals surface area contributed by atoms with Crippen LogP contribution in [0.2, 0.25) is 0 Å². The molecule has 90 valence electrons. The third-order valence-electron chi connectivity index (χ3n) is 2.96. The summed E-state index contributed by atoms with van der Waals surface area (Å²) in [5.74, 6) is -0.257. The summed E-state index contributed by atoms with van der Waals surface area (Å²) in [6.45, 7) is 0.00243. The highest BCUT2D eigenvalue weighted by Gasteiger charge is 2.30. The van der Waals surface area contributed by atoms with Gasteiger partial charge in [0.25, 0.3) is 0 Å². The van der Waals surface area contributed by atoms with Crippen molar-refractivity contribution < 1.29 is 13.8 Å². The third-order valence-corrected chi connectivity index (χ3v) is 3.83. The van der Waals surface area contributed by atoms with Crippen molar-refractivity contribution in [1.29, 1.82) is 0 Å². The second-order valence-electron chi connectivity index (χ2n) is 4.08. The first kappa shape index (κ1) is 11.4. The maximum Gasteiger partial charge on any atom is 0.190 e. The Labute approximate surface area is 109 Å². The molecule has 0 bridgehead atoms. The van der Waals surface area contributed by atoms with Gasteiger partial charge in [-0.15, -0.1) is 0 Å². The molecule has 0 radical (unpaired) electrons. The summed E-state index contributed by atoms with van der Waals surface area (Å²) in [4.78, 5) is 24.0. The Morgan fingerprint density at radius 1 is 1.17 bits per heavy atom. The molecular formula is C14H10O3S. The van der Waals surface area contributed by atoms with E-state index in [9.17, 15) is 9.59 Å². The van der Waals surface area contributed by atoms with Gasteiger partial charge in [0.1, 0.15) is 6.61 Å². The highest BCUT2D eigenvalue weighted by molar-refractivity contribution is 7.95. The third kappa shape index (κ3) is 1.83. The fourth-order valence-electron chi connectivity index (χ4n) is 2.13. The van der Waals surface area contributed by atoms with Gasteiger partial charge in [0.05, 0.1) is 5.25 Å². The minimum absolute atomic E-state index is 0.00243. The molecule has 3 nitrogen and oxygen atoms in total. The number of ketones is 2. The van der Waals surface area contributed by atoms with Crippen LogP contribution in [0.15, 0.2) is 59.3 Å². The summed E-state index contributed by atoms with van der Waals surface area (Å²) in [5.41, 5.74) is 1.82. The van der Waals surface area contributed by atoms with Gasteiger partial charge in [-0.1, -0.05) is 36.5 Å². The van der Waals surface area contributed by atoms with Gasteiger partial charge in [-0.2, -0.15) is 0 Å². The van der Waals surface area contributed by atoms with Gasteiger partial charge in [0, 0.05) is 23.2 Å². The molecule has 0 N–H and O–H groups in total. The molecule has 1 aliphatic heterocycles. The Hall–Kier alpha value is -1.65. The first-order valence-corrected chi connectivity index (χ1v) is 6.41. The molecule has 1 unspecified atom stereocenters. The van der Waals surface area contributed by atoms with Gasteiger partial charge in [-0.3, -0.25) is 9.59 Å². The van der Waals surface area contributed by atoms with Crippen LogP contribution in [0.25, 0.3) is 0 Å². The molecule has 4 heteroatoms. The minimum atomic E-state index is -0.149. The lowest BCUT2D eigenvalue weighted by Crippen LogP contribution is -2.24. The summed E-state index contributed by atoms with van der Waals surface area (Å²) < 4.78 is 5.31. The SMILES string of the molecule is O=C1COSC2C=CC=C/C2=C2\C(=O)C=CC=C12. The average Bonchev–Trinajstić information content (AvgIpc) is 2.37. The highest BCUT2D eigenvalue weighted by Crippen LogP contribution is 2.34. The van der Waals surface area contributed by atoms with Crippen LogP contribution in [0, 0.1) is 0 Å². The normalized spacial score (nSPS) is 30.4. The predicted molar refractivity (Wildman–Crippen MR) is 69.9 cm³/mol. The van der Waals surface area contributed by atoms with Crippen LogP contribution >= 0.6 is 12.0 Å². The van der Waals surface area contributed by atoms with Crippen molar-refractivity contribution >= 4 is 23.6 Å². The zero-order valence-corrected chi connectivity index (χ0v) is 10.3. The fraction of sp³-hybridized carbons (Fsp3) is 0.143. The molecule has 2 aliphatic carbocycles. The molecule has 0 fully saturated rings. The maximum absolute atomic E-state index is 12.0. The number of rotatable bonds is 0. The Kier molecular flexibility index (Phi) is 2.89. The highest BCUT2D eigenvalue weighted by atomic mass is 32.2. The van der Waals surface area contributed by atoms with Gasteiger partial charge in [-0.05, 0) is 11.6 Å². The van der Waals surface area contributed by atoms with Gasteiger partial charge in [-0.25, -0.2) is 0 Å². The standard InChI is InChI=1S/C14H10O3S/c15-11-6-3-5-9-12(16)8-17-18-13-7-2-1-4-10(13)14(9)11/h1-7,13H,8H2/b14-10+. The molecule has 0 amide bonds. The van der Waals surface area contributed by atoms with Crippen LogP contribution in [0.5, 0.6) is 0 Å². The Bertz CT molecular complexity index is 576. The Balaban J connectivity index is 2.21. The molecule has 3 aliphatic rings. The van der Waals surface area contributed by atoms with Gasteiger partial charge >= 0.3 is 0 Å². The van der Waals surface area contributed by atoms with Crippen molar-refractivity contribution in [3.8, 4) is 0 Å². The smallest absolute Gasteiger partial charge is 0.190 e. The van der Waals surface area contributed by atoms with Crippen molar-refractivity contribution in [2.45, 2.75) is 5.25 Å². The molecule has 1 heterocycles. The number of fused-ring (bicyclic) bond motifs is 2. The summed E-state index contributed by atoms with van der Waals surface area (Å²) in [7, 11) is 0. The summed E-state index contributed by atoms with van der Waals surface area (Å²) in [5, 5.41) is -0.0306. The zero-order chi connectivity index (χ0) is 12.5. The lowest BCUT2D eigenvalue weighted by atomic mass is 9.87. The number of carbonyl (C=O) groups is 2. The second-order valence-corrected chi connectivity index (χ2v) is 5.02. The lowest BCUT2D eigenvalue weighted by Gasteiger charge is -2.24. The van der Waals surface area contributed by atoms with E-state index >= 15 is 0 Å². The van der Waals surface area contributed by atoms with Crippen molar-refractivity contribution in [1.82, 2.24) is 0 Å². The van der Waals surface area contributed by atoms with E-state index < -0.39 is 0 Å². The van der Waals surface area contributed by atoms with Crippen LogP contribution in [0.3, 0.4) is 0 Å². The topological polar surface area (TPSA) is 43.4 Å². The van der Waals surface area contributed by atoms with E-state index in [2.05, 4.69) is 0 Å². The van der Waals surface area contributed by atoms with Gasteiger partial charge in [0.15, 0.2) is 11.6 Å². The first-order valence-electron chi connectivity index (χ1n) is 5.61. The van der Waals surface area contributed by atoms with Crippen LogP contribution < -0.4 is 0 Å². The quantitative estimate of drug-likeness (QED) is 0.624. The van der Waals surface area contributed by atoms with Crippen molar-refractivity contribution in [2.75, 3.05) is 6.61 Å². The molecule has 3 rings (SSSR count). The monoisotopic (exact) mass is 258 g/mol. The molecule has 0 aromatic heterocycles. The Morgan fingerprint density at radius 2 is 2.06 bits per heavy atom. The molecule has 0 aromatic rings. The van der Waals surface area contributed by atoms with E-state index in [0.29, 0.717) is 11.1 Å². The number of hydrogen-bond acceptors (Lipinski definition) is 4. The Morgan fingerprint density at radius 3 is 2.94 bits per heavy atom. The largest absolute Gasteiger partial charge is 0.306 e. The molecule has 0 saturated carbocycles. The minimum Gasteiger partial charge on any atom is -0.306 e. The van der Waals surface area contributed by atoms with E-state index in [1.54, 1.807) is 12.2 Å². The second kappa shape index (κ2) is 4.55. The number of carbonyl (C=O) groups excluding carboxylic acids is 2. The van der Waals surface area contributed by atoms with E-state index in [0.717, 1.165) is 5.57 Å². The summed E-state index contributed by atoms with van der Waals surface area (Å²) in [6, 6.07) is 0. The van der Waals surface area contributed by atoms with Crippen LogP contribution in [-0.4, -0.2) is 23.4 Å². The summed E-state index contributed by atoms with van der Waals surface area (Å²) in [6.07, 6.45) is 12.4. The van der Waals surface area contributed by atoms with Gasteiger partial charge < -0.3 is 4.18 Å². The molecule has 0 spiro atoms. The molecular weight excluding hydrogens is 248 g/mol. The van der Waals surface area contributed by atoms with E-state index in [4.69, 9.17) is 4.18 Å².